The summed E-state index contributed by atoms with van der Waals surface area (Å²) in [5, 5.41) is 3.10. The maximum atomic E-state index is 5.76. The van der Waals surface area contributed by atoms with Crippen LogP contribution >= 0.6 is 30.6 Å². The van der Waals surface area contributed by atoms with Gasteiger partial charge in [0.25, 0.3) is 6.64 Å². The SMILES string of the molecule is CC(C)OP(=S)(NC(=S)SCc1ccccc1)OC(C)C. The van der Waals surface area contributed by atoms with E-state index in [1.165, 1.54) is 17.3 Å². The van der Waals surface area contributed by atoms with E-state index in [4.69, 9.17) is 33.1 Å². The minimum Gasteiger partial charge on any atom is -0.311 e. The largest absolute Gasteiger partial charge is 0.311 e. The highest BCUT2D eigenvalue weighted by Crippen LogP contribution is 2.47. The molecule has 3 nitrogen and oxygen atoms in total. The molecule has 0 fully saturated rings. The quantitative estimate of drug-likeness (QED) is 0.549. The fourth-order valence-corrected chi connectivity index (χ4v) is 6.29. The molecule has 0 aliphatic heterocycles. The van der Waals surface area contributed by atoms with E-state index < -0.39 is 6.64 Å². The van der Waals surface area contributed by atoms with E-state index >= 15 is 0 Å². The van der Waals surface area contributed by atoms with Crippen LogP contribution in [0.5, 0.6) is 0 Å². The Morgan fingerprint density at radius 3 is 2.14 bits per heavy atom. The standard InChI is InChI=1S/C14H22NO2PS3/c1-11(2)16-18(20,17-12(3)4)15-14(19)21-10-13-8-6-5-7-9-13/h5-9,11-12H,10H2,1-4H3,(H,15,19,20). The highest BCUT2D eigenvalue weighted by molar-refractivity contribution is 8.23. The molecular formula is C14H22NO2PS3. The van der Waals surface area contributed by atoms with E-state index in [0.29, 0.717) is 4.32 Å². The molecule has 0 atom stereocenters. The van der Waals surface area contributed by atoms with Crippen LogP contribution < -0.4 is 5.09 Å². The van der Waals surface area contributed by atoms with Crippen molar-refractivity contribution in [2.45, 2.75) is 45.7 Å². The molecule has 1 aromatic rings. The number of hydrogen-bond donors (Lipinski definition) is 1. The highest BCUT2D eigenvalue weighted by Gasteiger charge is 2.23. The van der Waals surface area contributed by atoms with Gasteiger partial charge in [0.05, 0.1) is 12.2 Å². The molecule has 0 amide bonds. The third-order valence-electron chi connectivity index (χ3n) is 2.14. The van der Waals surface area contributed by atoms with Crippen LogP contribution in [0.1, 0.15) is 33.3 Å². The van der Waals surface area contributed by atoms with Crippen molar-refractivity contribution in [1.82, 2.24) is 5.09 Å². The van der Waals surface area contributed by atoms with Gasteiger partial charge in [0, 0.05) is 5.75 Å². The Kier molecular flexibility index (Phi) is 8.39. The van der Waals surface area contributed by atoms with Crippen molar-refractivity contribution in [2.24, 2.45) is 0 Å². The van der Waals surface area contributed by atoms with Crippen LogP contribution in [-0.4, -0.2) is 16.5 Å². The topological polar surface area (TPSA) is 30.5 Å². The lowest BCUT2D eigenvalue weighted by atomic mass is 10.2. The molecule has 118 valence electrons. The minimum absolute atomic E-state index is 0.0102. The normalized spacial score (nSPS) is 11.9. The van der Waals surface area contributed by atoms with Crippen molar-refractivity contribution in [3.63, 3.8) is 0 Å². The van der Waals surface area contributed by atoms with Gasteiger partial charge in [-0.2, -0.15) is 0 Å². The molecule has 0 aromatic heterocycles. The van der Waals surface area contributed by atoms with Gasteiger partial charge in [-0.15, -0.1) is 0 Å². The summed E-state index contributed by atoms with van der Waals surface area (Å²) in [6.07, 6.45) is -0.0204. The van der Waals surface area contributed by atoms with Gasteiger partial charge >= 0.3 is 0 Å². The summed E-state index contributed by atoms with van der Waals surface area (Å²) in [6, 6.07) is 10.2. The van der Waals surface area contributed by atoms with E-state index in [0.717, 1.165) is 5.75 Å². The number of thiocarbonyl (C=S) groups is 1. The number of benzene rings is 1. The third-order valence-corrected chi connectivity index (χ3v) is 6.43. The first-order chi connectivity index (χ1) is 9.81. The molecule has 1 N–H and O–H groups in total. The Balaban J connectivity index is 2.57. The van der Waals surface area contributed by atoms with Crippen LogP contribution in [-0.2, 0) is 26.6 Å². The minimum atomic E-state index is -2.59. The van der Waals surface area contributed by atoms with E-state index in [1.54, 1.807) is 0 Å². The van der Waals surface area contributed by atoms with Crippen LogP contribution in [0.4, 0.5) is 0 Å². The van der Waals surface area contributed by atoms with Crippen LogP contribution in [0, 0.1) is 0 Å². The first-order valence-corrected chi connectivity index (χ1v) is 10.8. The molecule has 21 heavy (non-hydrogen) atoms. The molecule has 0 unspecified atom stereocenters. The number of nitrogens with one attached hydrogen (secondary N) is 1. The van der Waals surface area contributed by atoms with Gasteiger partial charge in [-0.1, -0.05) is 54.3 Å². The lowest BCUT2D eigenvalue weighted by Crippen LogP contribution is -2.22. The fourth-order valence-electron chi connectivity index (χ4n) is 1.50. The van der Waals surface area contributed by atoms with E-state index in [1.807, 2.05) is 45.9 Å². The van der Waals surface area contributed by atoms with Crippen molar-refractivity contribution in [3.05, 3.63) is 35.9 Å². The summed E-state index contributed by atoms with van der Waals surface area (Å²) in [6.45, 7) is 5.16. The number of rotatable bonds is 7. The van der Waals surface area contributed by atoms with E-state index in [9.17, 15) is 0 Å². The maximum Gasteiger partial charge on any atom is 0.289 e. The van der Waals surface area contributed by atoms with Gasteiger partial charge in [0.2, 0.25) is 0 Å². The molecule has 0 spiro atoms. The van der Waals surface area contributed by atoms with Crippen LogP contribution in [0.2, 0.25) is 0 Å². The van der Waals surface area contributed by atoms with Gasteiger partial charge < -0.3 is 14.1 Å². The molecule has 0 radical (unpaired) electrons. The Morgan fingerprint density at radius 1 is 1.14 bits per heavy atom. The number of hydrogen-bond acceptors (Lipinski definition) is 5. The van der Waals surface area contributed by atoms with Crippen molar-refractivity contribution >= 4 is 46.7 Å². The fraction of sp³-hybridized carbons (Fsp3) is 0.500. The molecule has 7 heteroatoms. The average Bonchev–Trinajstić information content (AvgIpc) is 2.35. The summed E-state index contributed by atoms with van der Waals surface area (Å²) in [5.41, 5.74) is 1.22. The Labute approximate surface area is 142 Å². The predicted octanol–water partition coefficient (Wildman–Crippen LogP) is 4.87. The summed E-state index contributed by atoms with van der Waals surface area (Å²) in [5.74, 6) is 0.797. The zero-order valence-corrected chi connectivity index (χ0v) is 16.1. The summed E-state index contributed by atoms with van der Waals surface area (Å²) >= 11 is 12.4. The van der Waals surface area contributed by atoms with Crippen LogP contribution in [0.25, 0.3) is 0 Å². The zero-order valence-electron chi connectivity index (χ0n) is 12.7. The van der Waals surface area contributed by atoms with Gasteiger partial charge in [-0.25, -0.2) is 0 Å². The van der Waals surface area contributed by atoms with Crippen molar-refractivity contribution in [3.8, 4) is 0 Å². The highest BCUT2D eigenvalue weighted by atomic mass is 32.5. The van der Waals surface area contributed by atoms with Gasteiger partial charge in [0.15, 0.2) is 0 Å². The molecule has 0 saturated heterocycles. The van der Waals surface area contributed by atoms with Crippen molar-refractivity contribution < 1.29 is 9.05 Å². The number of thioether (sulfide) groups is 1. The van der Waals surface area contributed by atoms with Gasteiger partial charge in [0.1, 0.15) is 4.32 Å². The molecule has 0 aliphatic carbocycles. The Bertz CT molecular complexity index is 480. The molecule has 1 rings (SSSR count). The molecule has 0 saturated carbocycles. The van der Waals surface area contributed by atoms with E-state index in [-0.39, 0.29) is 12.2 Å². The lowest BCUT2D eigenvalue weighted by molar-refractivity contribution is 0.172. The summed E-state index contributed by atoms with van der Waals surface area (Å²) < 4.78 is 12.1. The van der Waals surface area contributed by atoms with Crippen LogP contribution in [0.15, 0.2) is 30.3 Å². The Morgan fingerprint density at radius 2 is 1.67 bits per heavy atom. The molecule has 0 aliphatic rings. The molecular weight excluding hydrogens is 341 g/mol. The summed E-state index contributed by atoms with van der Waals surface area (Å²) in [4.78, 5) is 0. The Hall–Kier alpha value is 0.0300. The zero-order chi connectivity index (χ0) is 15.9. The first-order valence-electron chi connectivity index (χ1n) is 6.76. The van der Waals surface area contributed by atoms with Gasteiger partial charge in [-0.05, 0) is 45.1 Å². The second-order valence-electron chi connectivity index (χ2n) is 4.98. The lowest BCUT2D eigenvalue weighted by Gasteiger charge is -2.27. The van der Waals surface area contributed by atoms with Crippen molar-refractivity contribution in [1.29, 1.82) is 0 Å². The monoisotopic (exact) mass is 363 g/mol. The molecule has 1 aromatic carbocycles. The predicted molar refractivity (Wildman–Crippen MR) is 100 cm³/mol. The maximum absolute atomic E-state index is 5.76. The van der Waals surface area contributed by atoms with Gasteiger partial charge in [-0.3, -0.25) is 0 Å². The summed E-state index contributed by atoms with van der Waals surface area (Å²) in [7, 11) is 0. The molecule has 0 bridgehead atoms. The second kappa shape index (κ2) is 9.23. The van der Waals surface area contributed by atoms with E-state index in [2.05, 4.69) is 17.2 Å². The van der Waals surface area contributed by atoms with Crippen molar-refractivity contribution in [2.75, 3.05) is 0 Å². The smallest absolute Gasteiger partial charge is 0.289 e. The third kappa shape index (κ3) is 8.29. The molecule has 0 heterocycles. The second-order valence-corrected chi connectivity index (χ2v) is 9.71. The van der Waals surface area contributed by atoms with Crippen LogP contribution in [0.3, 0.4) is 0 Å². The average molecular weight is 364 g/mol. The first kappa shape index (κ1) is 19.1.